The fourth-order valence-electron chi connectivity index (χ4n) is 2.62. The summed E-state index contributed by atoms with van der Waals surface area (Å²) in [6.07, 6.45) is 1.60. The number of benzene rings is 2. The number of rotatable bonds is 8. The molecule has 0 saturated carbocycles. The zero-order chi connectivity index (χ0) is 19.8. The van der Waals surface area contributed by atoms with Crippen LogP contribution in [0, 0.1) is 0 Å². The minimum atomic E-state index is -0.955. The second-order valence-corrected chi connectivity index (χ2v) is 6.09. The van der Waals surface area contributed by atoms with Crippen molar-refractivity contribution in [2.45, 2.75) is 12.5 Å². The van der Waals surface area contributed by atoms with Gasteiger partial charge in [0, 0.05) is 12.0 Å². The van der Waals surface area contributed by atoms with Gasteiger partial charge in [-0.25, -0.2) is 4.79 Å². The van der Waals surface area contributed by atoms with E-state index in [0.29, 0.717) is 5.56 Å². The molecule has 1 N–H and O–H groups in total. The maximum atomic E-state index is 12.6. The van der Waals surface area contributed by atoms with E-state index in [2.05, 4.69) is 5.32 Å². The van der Waals surface area contributed by atoms with E-state index in [1.54, 1.807) is 36.4 Å². The summed E-state index contributed by atoms with van der Waals surface area (Å²) in [6, 6.07) is 19.9. The molecule has 142 valence electrons. The number of ketones is 1. The van der Waals surface area contributed by atoms with E-state index in [4.69, 9.17) is 9.15 Å². The van der Waals surface area contributed by atoms with Crippen molar-refractivity contribution in [1.82, 2.24) is 5.32 Å². The van der Waals surface area contributed by atoms with Gasteiger partial charge in [0.05, 0.1) is 6.26 Å². The number of carbonyl (C=O) groups excluding carboxylic acids is 3. The summed E-state index contributed by atoms with van der Waals surface area (Å²) in [4.78, 5) is 37.0. The van der Waals surface area contributed by atoms with Gasteiger partial charge in [-0.15, -0.1) is 0 Å². The summed E-state index contributed by atoms with van der Waals surface area (Å²) < 4.78 is 10.2. The highest BCUT2D eigenvalue weighted by molar-refractivity contribution is 5.98. The van der Waals surface area contributed by atoms with Crippen LogP contribution in [0.2, 0.25) is 0 Å². The van der Waals surface area contributed by atoms with Gasteiger partial charge in [0.25, 0.3) is 5.91 Å². The lowest BCUT2D eigenvalue weighted by Gasteiger charge is -2.17. The molecule has 1 aromatic heterocycles. The number of ether oxygens (including phenoxy) is 1. The molecule has 0 aliphatic carbocycles. The third-order valence-corrected chi connectivity index (χ3v) is 4.06. The Balaban J connectivity index is 1.67. The number of carbonyl (C=O) groups is 3. The van der Waals surface area contributed by atoms with Crippen LogP contribution in [-0.4, -0.2) is 30.3 Å². The lowest BCUT2D eigenvalue weighted by molar-refractivity contribution is -0.144. The molecule has 0 aliphatic rings. The van der Waals surface area contributed by atoms with Crippen molar-refractivity contribution in [3.8, 4) is 0 Å². The molecule has 6 heteroatoms. The van der Waals surface area contributed by atoms with Crippen molar-refractivity contribution in [1.29, 1.82) is 0 Å². The molecule has 6 nitrogen and oxygen atoms in total. The van der Waals surface area contributed by atoms with Gasteiger partial charge in [-0.3, -0.25) is 9.59 Å². The summed E-state index contributed by atoms with van der Waals surface area (Å²) >= 11 is 0. The third kappa shape index (κ3) is 5.17. The molecule has 0 bridgehead atoms. The Morgan fingerprint density at radius 3 is 2.21 bits per heavy atom. The molecular formula is C22H19NO5. The van der Waals surface area contributed by atoms with Crippen molar-refractivity contribution >= 4 is 17.7 Å². The van der Waals surface area contributed by atoms with E-state index >= 15 is 0 Å². The first-order chi connectivity index (χ1) is 13.6. The number of esters is 1. The minimum Gasteiger partial charge on any atom is -0.459 e. The van der Waals surface area contributed by atoms with E-state index in [0.717, 1.165) is 5.56 Å². The van der Waals surface area contributed by atoms with Crippen molar-refractivity contribution in [3.63, 3.8) is 0 Å². The van der Waals surface area contributed by atoms with Crippen LogP contribution in [0.3, 0.4) is 0 Å². The Morgan fingerprint density at radius 2 is 1.57 bits per heavy atom. The third-order valence-electron chi connectivity index (χ3n) is 4.06. The second-order valence-electron chi connectivity index (χ2n) is 6.09. The van der Waals surface area contributed by atoms with Crippen LogP contribution in [-0.2, 0) is 16.0 Å². The Hall–Kier alpha value is -3.67. The summed E-state index contributed by atoms with van der Waals surface area (Å²) in [7, 11) is 0. The molecule has 0 radical (unpaired) electrons. The molecule has 3 rings (SSSR count). The van der Waals surface area contributed by atoms with Crippen molar-refractivity contribution in [2.75, 3.05) is 6.61 Å². The Bertz CT molecular complexity index is 920. The van der Waals surface area contributed by atoms with Crippen LogP contribution in [0.4, 0.5) is 0 Å². The van der Waals surface area contributed by atoms with E-state index in [1.165, 1.54) is 12.3 Å². The predicted octanol–water partition coefficient (Wildman–Crippen LogP) is 3.05. The second kappa shape index (κ2) is 9.32. The average molecular weight is 377 g/mol. The summed E-state index contributed by atoms with van der Waals surface area (Å²) in [6.45, 7) is -0.398. The Kier molecular flexibility index (Phi) is 6.36. The van der Waals surface area contributed by atoms with Gasteiger partial charge in [0.15, 0.2) is 18.2 Å². The SMILES string of the molecule is O=C(COC(=O)[C@@H](Cc1ccccc1)NC(=O)c1ccco1)c1ccccc1. The highest BCUT2D eigenvalue weighted by Gasteiger charge is 2.25. The van der Waals surface area contributed by atoms with Crippen molar-refractivity contribution in [2.24, 2.45) is 0 Å². The zero-order valence-electron chi connectivity index (χ0n) is 15.0. The highest BCUT2D eigenvalue weighted by Crippen LogP contribution is 2.08. The summed E-state index contributed by atoms with van der Waals surface area (Å²) in [5.41, 5.74) is 1.30. The topological polar surface area (TPSA) is 85.6 Å². The largest absolute Gasteiger partial charge is 0.459 e. The van der Waals surface area contributed by atoms with Crippen molar-refractivity contribution < 1.29 is 23.5 Å². The van der Waals surface area contributed by atoms with Crippen LogP contribution < -0.4 is 5.32 Å². The molecule has 2 aromatic carbocycles. The molecule has 0 spiro atoms. The molecule has 0 unspecified atom stereocenters. The van der Waals surface area contributed by atoms with Gasteiger partial charge >= 0.3 is 5.97 Å². The average Bonchev–Trinajstić information content (AvgIpc) is 3.28. The number of hydrogen-bond donors (Lipinski definition) is 1. The van der Waals surface area contributed by atoms with Gasteiger partial charge in [0.2, 0.25) is 0 Å². The fourth-order valence-corrected chi connectivity index (χ4v) is 2.62. The molecular weight excluding hydrogens is 358 g/mol. The number of amides is 1. The monoisotopic (exact) mass is 377 g/mol. The minimum absolute atomic E-state index is 0.0891. The molecule has 3 aromatic rings. The first kappa shape index (κ1) is 19.1. The quantitative estimate of drug-likeness (QED) is 0.482. The first-order valence-corrected chi connectivity index (χ1v) is 8.76. The van der Waals surface area contributed by atoms with E-state index in [1.807, 2.05) is 30.3 Å². The van der Waals surface area contributed by atoms with Gasteiger partial charge in [-0.05, 0) is 17.7 Å². The summed E-state index contributed by atoms with van der Waals surface area (Å²) in [5.74, 6) is -1.44. The molecule has 1 atom stereocenters. The first-order valence-electron chi connectivity index (χ1n) is 8.76. The maximum absolute atomic E-state index is 12.6. The molecule has 28 heavy (non-hydrogen) atoms. The van der Waals surface area contributed by atoms with Gasteiger partial charge < -0.3 is 14.5 Å². The Morgan fingerprint density at radius 1 is 0.893 bits per heavy atom. The van der Waals surface area contributed by atoms with Crippen LogP contribution >= 0.6 is 0 Å². The molecule has 1 heterocycles. The predicted molar refractivity (Wildman–Crippen MR) is 102 cm³/mol. The zero-order valence-corrected chi connectivity index (χ0v) is 15.0. The van der Waals surface area contributed by atoms with E-state index in [-0.39, 0.29) is 18.0 Å². The number of Topliss-reactive ketones (excluding diaryl/α,β-unsaturated/α-hetero) is 1. The standard InChI is InChI=1S/C22H19NO5/c24-19(17-10-5-2-6-11-17)15-28-22(26)18(14-16-8-3-1-4-9-16)23-21(25)20-12-7-13-27-20/h1-13,18H,14-15H2,(H,23,25)/t18-/m1/s1. The molecule has 0 aliphatic heterocycles. The van der Waals surface area contributed by atoms with Gasteiger partial charge in [-0.1, -0.05) is 60.7 Å². The summed E-state index contributed by atoms with van der Waals surface area (Å²) in [5, 5.41) is 2.61. The number of furan rings is 1. The van der Waals surface area contributed by atoms with Crippen LogP contribution in [0.15, 0.2) is 83.5 Å². The normalized spacial score (nSPS) is 11.4. The molecule has 1 amide bonds. The fraction of sp³-hybridized carbons (Fsp3) is 0.136. The van der Waals surface area contributed by atoms with Crippen LogP contribution in [0.25, 0.3) is 0 Å². The maximum Gasteiger partial charge on any atom is 0.329 e. The lowest BCUT2D eigenvalue weighted by Crippen LogP contribution is -2.43. The van der Waals surface area contributed by atoms with Crippen LogP contribution in [0.1, 0.15) is 26.5 Å². The molecule has 0 saturated heterocycles. The van der Waals surface area contributed by atoms with E-state index in [9.17, 15) is 14.4 Å². The number of hydrogen-bond acceptors (Lipinski definition) is 5. The Labute approximate surface area is 162 Å². The smallest absolute Gasteiger partial charge is 0.329 e. The highest BCUT2D eigenvalue weighted by atomic mass is 16.5. The van der Waals surface area contributed by atoms with Gasteiger partial charge in [0.1, 0.15) is 6.04 Å². The van der Waals surface area contributed by atoms with E-state index < -0.39 is 24.5 Å². The lowest BCUT2D eigenvalue weighted by atomic mass is 10.1. The number of nitrogens with one attached hydrogen (secondary N) is 1. The van der Waals surface area contributed by atoms with Gasteiger partial charge in [-0.2, -0.15) is 0 Å². The van der Waals surface area contributed by atoms with Crippen molar-refractivity contribution in [3.05, 3.63) is 95.9 Å². The molecule has 0 fully saturated rings. The van der Waals surface area contributed by atoms with Crippen LogP contribution in [0.5, 0.6) is 0 Å².